The number of rotatable bonds is 2. The molecule has 4 nitrogen and oxygen atoms in total. The third kappa shape index (κ3) is 2.63. The van der Waals surface area contributed by atoms with E-state index in [0.29, 0.717) is 11.6 Å². The number of halogens is 1. The highest BCUT2D eigenvalue weighted by Crippen LogP contribution is 2.43. The summed E-state index contributed by atoms with van der Waals surface area (Å²) in [6.45, 7) is 0.553. The van der Waals surface area contributed by atoms with Crippen molar-refractivity contribution in [2.45, 2.75) is 6.61 Å². The van der Waals surface area contributed by atoms with Crippen molar-refractivity contribution in [3.8, 4) is 16.2 Å². The third-order valence-corrected chi connectivity index (χ3v) is 4.24. The van der Waals surface area contributed by atoms with Gasteiger partial charge in [-0.15, -0.1) is 11.3 Å². The summed E-state index contributed by atoms with van der Waals surface area (Å²) in [4.78, 5) is 2.15. The molecule has 2 heterocycles. The molecule has 7 heteroatoms. The zero-order valence-electron chi connectivity index (χ0n) is 10.2. The van der Waals surface area contributed by atoms with Crippen LogP contribution in [-0.2, 0) is 6.61 Å². The molecule has 0 fully saturated rings. The normalized spacial score (nSPS) is 12.7. The predicted octanol–water partition coefficient (Wildman–Crippen LogP) is 3.13. The van der Waals surface area contributed by atoms with Crippen LogP contribution in [0.3, 0.4) is 0 Å². The Bertz CT molecular complexity index is 712. The van der Waals surface area contributed by atoms with E-state index in [2.05, 4.69) is 22.7 Å². The standard InChI is InChI=1S/C13H10ClN3OS2/c14-8-1-2-11-10(4-8)12-7(6-18-11)3-9(20-12)5-16-17-13(15)19/h1-5H,6H2,(H3,15,17,19). The Morgan fingerprint density at radius 3 is 3.15 bits per heavy atom. The Labute approximate surface area is 130 Å². The topological polar surface area (TPSA) is 59.6 Å². The third-order valence-electron chi connectivity index (χ3n) is 2.76. The average molecular weight is 324 g/mol. The van der Waals surface area contributed by atoms with Gasteiger partial charge in [0, 0.05) is 25.9 Å². The molecule has 1 aliphatic heterocycles. The molecule has 0 unspecified atom stereocenters. The molecule has 0 saturated carbocycles. The first kappa shape index (κ1) is 13.4. The van der Waals surface area contributed by atoms with Gasteiger partial charge in [0.25, 0.3) is 0 Å². The molecule has 3 rings (SSSR count). The van der Waals surface area contributed by atoms with Crippen molar-refractivity contribution >= 4 is 46.5 Å². The number of ether oxygens (including phenoxy) is 1. The Balaban J connectivity index is 1.95. The minimum Gasteiger partial charge on any atom is -0.488 e. The number of hydrogen-bond donors (Lipinski definition) is 2. The Morgan fingerprint density at radius 1 is 1.50 bits per heavy atom. The average Bonchev–Trinajstić information content (AvgIpc) is 2.81. The van der Waals surface area contributed by atoms with E-state index in [1.807, 2.05) is 24.3 Å². The lowest BCUT2D eigenvalue weighted by molar-refractivity contribution is 0.303. The van der Waals surface area contributed by atoms with Crippen LogP contribution >= 0.6 is 35.2 Å². The van der Waals surface area contributed by atoms with Gasteiger partial charge in [0.1, 0.15) is 12.4 Å². The van der Waals surface area contributed by atoms with Crippen molar-refractivity contribution in [3.63, 3.8) is 0 Å². The number of nitrogens with zero attached hydrogens (tertiary/aromatic N) is 1. The van der Waals surface area contributed by atoms with E-state index < -0.39 is 0 Å². The molecule has 2 aromatic rings. The summed E-state index contributed by atoms with van der Waals surface area (Å²) in [5.74, 6) is 0.855. The SMILES string of the molecule is NC(=S)NN=Cc1cc2c(s1)-c1cc(Cl)ccc1OC2. The first-order chi connectivity index (χ1) is 9.63. The van der Waals surface area contributed by atoms with Gasteiger partial charge < -0.3 is 10.5 Å². The highest BCUT2D eigenvalue weighted by molar-refractivity contribution is 7.80. The lowest BCUT2D eigenvalue weighted by atomic mass is 10.1. The summed E-state index contributed by atoms with van der Waals surface area (Å²) < 4.78 is 5.71. The molecule has 0 atom stereocenters. The summed E-state index contributed by atoms with van der Waals surface area (Å²) in [7, 11) is 0. The van der Waals surface area contributed by atoms with Crippen LogP contribution in [0, 0.1) is 0 Å². The number of thiophene rings is 1. The molecule has 102 valence electrons. The molecule has 1 aromatic carbocycles. The van der Waals surface area contributed by atoms with E-state index in [1.54, 1.807) is 17.6 Å². The van der Waals surface area contributed by atoms with Crippen LogP contribution in [0.4, 0.5) is 0 Å². The van der Waals surface area contributed by atoms with Crippen molar-refractivity contribution in [2.24, 2.45) is 10.8 Å². The molecule has 1 aliphatic rings. The van der Waals surface area contributed by atoms with E-state index in [0.717, 1.165) is 26.6 Å². The molecule has 0 aliphatic carbocycles. The number of thiocarbonyl (C=S) groups is 1. The highest BCUT2D eigenvalue weighted by atomic mass is 35.5. The quantitative estimate of drug-likeness (QED) is 0.506. The van der Waals surface area contributed by atoms with Crippen molar-refractivity contribution in [1.29, 1.82) is 0 Å². The van der Waals surface area contributed by atoms with Gasteiger partial charge in [-0.2, -0.15) is 5.10 Å². The van der Waals surface area contributed by atoms with Gasteiger partial charge in [0.15, 0.2) is 5.11 Å². The zero-order chi connectivity index (χ0) is 14.1. The lowest BCUT2D eigenvalue weighted by Crippen LogP contribution is -2.23. The largest absolute Gasteiger partial charge is 0.488 e. The van der Waals surface area contributed by atoms with Crippen LogP contribution in [0.1, 0.15) is 10.4 Å². The van der Waals surface area contributed by atoms with Gasteiger partial charge in [-0.05, 0) is 36.5 Å². The Morgan fingerprint density at radius 2 is 2.35 bits per heavy atom. The van der Waals surface area contributed by atoms with Gasteiger partial charge in [0.2, 0.25) is 0 Å². The Hall–Kier alpha value is -1.63. The van der Waals surface area contributed by atoms with Crippen LogP contribution in [0.5, 0.6) is 5.75 Å². The summed E-state index contributed by atoms with van der Waals surface area (Å²) in [6.07, 6.45) is 1.69. The van der Waals surface area contributed by atoms with Crippen LogP contribution in [0.2, 0.25) is 5.02 Å². The van der Waals surface area contributed by atoms with Crippen LogP contribution in [0.15, 0.2) is 29.4 Å². The van der Waals surface area contributed by atoms with Gasteiger partial charge in [0.05, 0.1) is 6.21 Å². The molecular formula is C13H10ClN3OS2. The second kappa shape index (κ2) is 5.40. The smallest absolute Gasteiger partial charge is 0.184 e. The highest BCUT2D eigenvalue weighted by Gasteiger charge is 2.20. The van der Waals surface area contributed by atoms with Gasteiger partial charge in [-0.3, -0.25) is 5.43 Å². The minimum atomic E-state index is 0.142. The van der Waals surface area contributed by atoms with Gasteiger partial charge in [-0.1, -0.05) is 11.6 Å². The van der Waals surface area contributed by atoms with E-state index in [4.69, 9.17) is 22.1 Å². The monoisotopic (exact) mass is 323 g/mol. The van der Waals surface area contributed by atoms with Crippen molar-refractivity contribution in [3.05, 3.63) is 39.7 Å². The van der Waals surface area contributed by atoms with Crippen LogP contribution in [-0.4, -0.2) is 11.3 Å². The number of fused-ring (bicyclic) bond motifs is 3. The lowest BCUT2D eigenvalue weighted by Gasteiger charge is -2.17. The maximum absolute atomic E-state index is 6.05. The summed E-state index contributed by atoms with van der Waals surface area (Å²) in [5.41, 5.74) is 9.99. The molecule has 0 amide bonds. The van der Waals surface area contributed by atoms with Crippen LogP contribution in [0.25, 0.3) is 10.4 Å². The summed E-state index contributed by atoms with van der Waals surface area (Å²) in [5, 5.41) is 4.80. The number of hydrazone groups is 1. The molecule has 3 N–H and O–H groups in total. The Kier molecular flexibility index (Phi) is 3.60. The second-order valence-corrected chi connectivity index (χ2v) is 6.13. The van der Waals surface area contributed by atoms with Gasteiger partial charge in [-0.25, -0.2) is 0 Å². The van der Waals surface area contributed by atoms with Crippen molar-refractivity contribution in [1.82, 2.24) is 5.43 Å². The molecule has 0 saturated heterocycles. The molecular weight excluding hydrogens is 314 g/mol. The summed E-state index contributed by atoms with van der Waals surface area (Å²) in [6, 6.07) is 7.67. The fraction of sp³-hybridized carbons (Fsp3) is 0.0769. The number of nitrogens with two attached hydrogens (primary N) is 1. The number of nitrogens with one attached hydrogen (secondary N) is 1. The molecule has 0 radical (unpaired) electrons. The second-order valence-electron chi connectivity index (χ2n) is 4.17. The predicted molar refractivity (Wildman–Crippen MR) is 86.6 cm³/mol. The van der Waals surface area contributed by atoms with E-state index in [1.165, 1.54) is 0 Å². The molecule has 0 spiro atoms. The van der Waals surface area contributed by atoms with E-state index in [-0.39, 0.29) is 5.11 Å². The number of benzene rings is 1. The van der Waals surface area contributed by atoms with Crippen molar-refractivity contribution < 1.29 is 4.74 Å². The molecule has 1 aromatic heterocycles. The maximum atomic E-state index is 6.05. The fourth-order valence-corrected chi connectivity index (χ4v) is 3.25. The fourth-order valence-electron chi connectivity index (χ4n) is 1.97. The minimum absolute atomic E-state index is 0.142. The maximum Gasteiger partial charge on any atom is 0.184 e. The first-order valence-corrected chi connectivity index (χ1v) is 7.37. The zero-order valence-corrected chi connectivity index (χ0v) is 12.6. The summed E-state index contributed by atoms with van der Waals surface area (Å²) >= 11 is 12.4. The van der Waals surface area contributed by atoms with Gasteiger partial charge >= 0.3 is 0 Å². The molecule has 0 bridgehead atoms. The van der Waals surface area contributed by atoms with E-state index >= 15 is 0 Å². The first-order valence-electron chi connectivity index (χ1n) is 5.77. The number of hydrogen-bond acceptors (Lipinski definition) is 4. The van der Waals surface area contributed by atoms with E-state index in [9.17, 15) is 0 Å². The molecule has 20 heavy (non-hydrogen) atoms. The van der Waals surface area contributed by atoms with Crippen LogP contribution < -0.4 is 15.9 Å². The van der Waals surface area contributed by atoms with Crippen molar-refractivity contribution in [2.75, 3.05) is 0 Å².